The summed E-state index contributed by atoms with van der Waals surface area (Å²) in [7, 11) is 0. The fourth-order valence-electron chi connectivity index (χ4n) is 3.82. The Bertz CT molecular complexity index is 1390. The number of hydrogen-bond acceptors (Lipinski definition) is 6. The predicted molar refractivity (Wildman–Crippen MR) is 134 cm³/mol. The number of aliphatic hydroxyl groups is 1. The van der Waals surface area contributed by atoms with Crippen LogP contribution in [0.15, 0.2) is 100 Å². The number of aromatic nitrogens is 1. The maximum Gasteiger partial charge on any atom is 0.301 e. The average molecular weight is 533 g/mol. The van der Waals surface area contributed by atoms with Crippen LogP contribution in [0.2, 0.25) is 0 Å². The molecule has 1 aliphatic heterocycles. The second-order valence-electron chi connectivity index (χ2n) is 7.48. The zero-order valence-corrected chi connectivity index (χ0v) is 20.0. The molecule has 1 aliphatic rings. The van der Waals surface area contributed by atoms with Gasteiger partial charge in [0.1, 0.15) is 17.3 Å². The summed E-state index contributed by atoms with van der Waals surface area (Å²) in [6.07, 6.45) is 1.57. The maximum absolute atomic E-state index is 13.2. The van der Waals surface area contributed by atoms with Gasteiger partial charge >= 0.3 is 5.91 Å². The van der Waals surface area contributed by atoms with E-state index < -0.39 is 17.7 Å². The quantitative estimate of drug-likeness (QED) is 0.184. The summed E-state index contributed by atoms with van der Waals surface area (Å²) >= 11 is 4.61. The standard InChI is InChI=1S/C26H17BrN2O4S/c27-18-11-9-16(10-12-18)23(30)21-22(29(25(32)24(21)31)26-28-13-14-34-26)17-5-4-8-20(15-17)33-19-6-2-1-3-7-19/h1-15,22,30H. The van der Waals surface area contributed by atoms with Crippen molar-refractivity contribution in [1.29, 1.82) is 0 Å². The van der Waals surface area contributed by atoms with E-state index in [1.54, 1.807) is 60.1 Å². The highest BCUT2D eigenvalue weighted by Gasteiger charge is 2.48. The molecule has 5 rings (SSSR count). The molecule has 0 saturated carbocycles. The largest absolute Gasteiger partial charge is 0.507 e. The number of Topliss-reactive ketones (excluding diaryl/α,β-unsaturated/α-hetero) is 1. The van der Waals surface area contributed by atoms with Crippen molar-refractivity contribution in [3.05, 3.63) is 112 Å². The molecule has 1 amide bonds. The number of ketones is 1. The molecule has 8 heteroatoms. The lowest BCUT2D eigenvalue weighted by molar-refractivity contribution is -0.132. The first kappa shape index (κ1) is 22.1. The molecule has 1 saturated heterocycles. The van der Waals surface area contributed by atoms with E-state index in [0.29, 0.717) is 27.8 Å². The minimum Gasteiger partial charge on any atom is -0.507 e. The van der Waals surface area contributed by atoms with Crippen LogP contribution in [0.1, 0.15) is 17.2 Å². The highest BCUT2D eigenvalue weighted by Crippen LogP contribution is 2.43. The maximum atomic E-state index is 13.2. The summed E-state index contributed by atoms with van der Waals surface area (Å²) < 4.78 is 6.79. The van der Waals surface area contributed by atoms with Crippen LogP contribution >= 0.6 is 27.3 Å². The SMILES string of the molecule is O=C1C(=O)N(c2nccs2)C(c2cccc(Oc3ccccc3)c2)C1=C(O)c1ccc(Br)cc1. The van der Waals surface area contributed by atoms with Gasteiger partial charge in [-0.3, -0.25) is 14.5 Å². The smallest absolute Gasteiger partial charge is 0.301 e. The monoisotopic (exact) mass is 532 g/mol. The molecule has 1 fully saturated rings. The first-order chi connectivity index (χ1) is 16.5. The Morgan fingerprint density at radius 3 is 2.41 bits per heavy atom. The molecule has 3 aromatic carbocycles. The second kappa shape index (κ2) is 9.24. The van der Waals surface area contributed by atoms with Crippen LogP contribution in [0.25, 0.3) is 5.76 Å². The van der Waals surface area contributed by atoms with Crippen molar-refractivity contribution >= 4 is 49.8 Å². The molecule has 0 bridgehead atoms. The van der Waals surface area contributed by atoms with E-state index >= 15 is 0 Å². The number of aliphatic hydroxyl groups excluding tert-OH is 1. The number of hydrogen-bond donors (Lipinski definition) is 1. The number of halogens is 1. The third-order valence-corrected chi connectivity index (χ3v) is 6.64. The van der Waals surface area contributed by atoms with E-state index in [4.69, 9.17) is 4.74 Å². The van der Waals surface area contributed by atoms with E-state index in [1.165, 1.54) is 16.2 Å². The highest BCUT2D eigenvalue weighted by atomic mass is 79.9. The van der Waals surface area contributed by atoms with E-state index in [0.717, 1.165) is 4.47 Å². The summed E-state index contributed by atoms with van der Waals surface area (Å²) in [5, 5.41) is 13.3. The third kappa shape index (κ3) is 4.13. The van der Waals surface area contributed by atoms with Gasteiger partial charge in [0.2, 0.25) is 0 Å². The van der Waals surface area contributed by atoms with Crippen LogP contribution < -0.4 is 9.64 Å². The first-order valence-electron chi connectivity index (χ1n) is 10.3. The zero-order valence-electron chi connectivity index (χ0n) is 17.6. The molecule has 0 radical (unpaired) electrons. The number of thiazole rings is 1. The number of nitrogens with zero attached hydrogens (tertiary/aromatic N) is 2. The molecule has 4 aromatic rings. The molecule has 1 N–H and O–H groups in total. The van der Waals surface area contributed by atoms with E-state index in [9.17, 15) is 14.7 Å². The molecule has 168 valence electrons. The van der Waals surface area contributed by atoms with Gasteiger partial charge in [0.05, 0.1) is 11.6 Å². The fourth-order valence-corrected chi connectivity index (χ4v) is 4.75. The Balaban J connectivity index is 1.64. The van der Waals surface area contributed by atoms with E-state index in [1.807, 2.05) is 30.3 Å². The average Bonchev–Trinajstić information content (AvgIpc) is 3.47. The highest BCUT2D eigenvalue weighted by molar-refractivity contribution is 9.10. The van der Waals surface area contributed by atoms with Crippen LogP contribution in [0.3, 0.4) is 0 Å². The van der Waals surface area contributed by atoms with Gasteiger partial charge in [-0.25, -0.2) is 4.98 Å². The molecule has 1 unspecified atom stereocenters. The molecule has 2 heterocycles. The Labute approximate surface area is 207 Å². The summed E-state index contributed by atoms with van der Waals surface area (Å²) in [4.78, 5) is 31.9. The van der Waals surface area contributed by atoms with Crippen LogP contribution in [0, 0.1) is 0 Å². The van der Waals surface area contributed by atoms with Gasteiger partial charge in [-0.05, 0) is 42.0 Å². The van der Waals surface area contributed by atoms with Crippen LogP contribution in [0.4, 0.5) is 5.13 Å². The first-order valence-corrected chi connectivity index (χ1v) is 12.0. The van der Waals surface area contributed by atoms with E-state index in [2.05, 4.69) is 20.9 Å². The molecule has 1 aromatic heterocycles. The number of benzene rings is 3. The minimum absolute atomic E-state index is 0.000571. The molecular formula is C26H17BrN2O4S. The lowest BCUT2D eigenvalue weighted by Crippen LogP contribution is -2.29. The Morgan fingerprint density at radius 1 is 0.971 bits per heavy atom. The second-order valence-corrected chi connectivity index (χ2v) is 9.27. The van der Waals surface area contributed by atoms with Crippen molar-refractivity contribution in [2.75, 3.05) is 4.90 Å². The summed E-state index contributed by atoms with van der Waals surface area (Å²) in [6.45, 7) is 0. The van der Waals surface area contributed by atoms with Crippen molar-refractivity contribution < 1.29 is 19.4 Å². The van der Waals surface area contributed by atoms with Crippen molar-refractivity contribution in [2.24, 2.45) is 0 Å². The molecule has 6 nitrogen and oxygen atoms in total. The summed E-state index contributed by atoms with van der Waals surface area (Å²) in [6, 6.07) is 22.5. The van der Waals surface area contributed by atoms with Gasteiger partial charge in [0, 0.05) is 21.6 Å². The summed E-state index contributed by atoms with van der Waals surface area (Å²) in [5.41, 5.74) is 1.04. The van der Waals surface area contributed by atoms with Crippen LogP contribution in [-0.4, -0.2) is 21.8 Å². The number of ether oxygens (including phenoxy) is 1. The lowest BCUT2D eigenvalue weighted by Gasteiger charge is -2.23. The Kier molecular flexibility index (Phi) is 6.00. The summed E-state index contributed by atoms with van der Waals surface area (Å²) in [5.74, 6) is -0.562. The van der Waals surface area contributed by atoms with Gasteiger partial charge in [0.25, 0.3) is 5.78 Å². The molecule has 0 spiro atoms. The lowest BCUT2D eigenvalue weighted by atomic mass is 9.95. The van der Waals surface area contributed by atoms with Crippen LogP contribution in [0.5, 0.6) is 11.5 Å². The molecule has 0 aliphatic carbocycles. The van der Waals surface area contributed by atoms with Gasteiger partial charge < -0.3 is 9.84 Å². The van der Waals surface area contributed by atoms with Crippen molar-refractivity contribution in [2.45, 2.75) is 6.04 Å². The zero-order chi connectivity index (χ0) is 23.7. The number of para-hydroxylation sites is 1. The third-order valence-electron chi connectivity index (χ3n) is 5.34. The number of anilines is 1. The Hall–Kier alpha value is -3.75. The van der Waals surface area contributed by atoms with E-state index in [-0.39, 0.29) is 11.3 Å². The minimum atomic E-state index is -0.867. The predicted octanol–water partition coefficient (Wildman–Crippen LogP) is 6.32. The fraction of sp³-hybridized carbons (Fsp3) is 0.0385. The number of rotatable bonds is 5. The van der Waals surface area contributed by atoms with Crippen molar-refractivity contribution in [1.82, 2.24) is 4.98 Å². The van der Waals surface area contributed by atoms with Gasteiger partial charge in [0.15, 0.2) is 5.13 Å². The van der Waals surface area contributed by atoms with Gasteiger partial charge in [-0.1, -0.05) is 58.4 Å². The molecule has 1 atom stereocenters. The molecular weight excluding hydrogens is 516 g/mol. The topological polar surface area (TPSA) is 79.7 Å². The van der Waals surface area contributed by atoms with Crippen LogP contribution in [-0.2, 0) is 9.59 Å². The van der Waals surface area contributed by atoms with Crippen molar-refractivity contribution in [3.8, 4) is 11.5 Å². The number of carbonyl (C=O) groups is 2. The van der Waals surface area contributed by atoms with Crippen molar-refractivity contribution in [3.63, 3.8) is 0 Å². The molecule has 34 heavy (non-hydrogen) atoms. The van der Waals surface area contributed by atoms with Gasteiger partial charge in [-0.2, -0.15) is 0 Å². The Morgan fingerprint density at radius 2 is 1.71 bits per heavy atom. The van der Waals surface area contributed by atoms with Gasteiger partial charge in [-0.15, -0.1) is 11.3 Å². The normalized spacial score (nSPS) is 17.2. The number of carbonyl (C=O) groups excluding carboxylic acids is 2. The number of amides is 1.